The normalized spacial score (nSPS) is 21.8. The molecule has 0 aliphatic heterocycles. The molecule has 0 aromatic carbocycles. The van der Waals surface area contributed by atoms with Crippen molar-refractivity contribution in [2.75, 3.05) is 0 Å². The highest BCUT2D eigenvalue weighted by molar-refractivity contribution is 4.99. The van der Waals surface area contributed by atoms with E-state index in [0.717, 1.165) is 12.8 Å². The van der Waals surface area contributed by atoms with E-state index in [0.29, 0.717) is 11.9 Å². The lowest BCUT2D eigenvalue weighted by Crippen LogP contribution is -2.27. The van der Waals surface area contributed by atoms with Gasteiger partial charge in [0.15, 0.2) is 5.82 Å². The van der Waals surface area contributed by atoms with Crippen LogP contribution in [0.4, 0.5) is 0 Å². The fourth-order valence-corrected chi connectivity index (χ4v) is 2.17. The van der Waals surface area contributed by atoms with Gasteiger partial charge in [0.2, 0.25) is 0 Å². The van der Waals surface area contributed by atoms with Gasteiger partial charge in [0.1, 0.15) is 6.33 Å². The molecule has 1 aromatic rings. The van der Waals surface area contributed by atoms with E-state index in [-0.39, 0.29) is 0 Å². The predicted molar refractivity (Wildman–Crippen MR) is 56.1 cm³/mol. The monoisotopic (exact) mass is 210 g/mol. The van der Waals surface area contributed by atoms with Crippen molar-refractivity contribution in [1.29, 1.82) is 0 Å². The van der Waals surface area contributed by atoms with Crippen LogP contribution in [-0.2, 0) is 0 Å². The Kier molecular flexibility index (Phi) is 3.02. The first-order valence-corrected chi connectivity index (χ1v) is 5.53. The Balaban J connectivity index is 2.21. The molecule has 2 rings (SSSR count). The van der Waals surface area contributed by atoms with Crippen LogP contribution >= 0.6 is 0 Å². The van der Waals surface area contributed by atoms with Gasteiger partial charge in [0.05, 0.1) is 12.1 Å². The third-order valence-corrected chi connectivity index (χ3v) is 3.14. The third-order valence-electron chi connectivity index (χ3n) is 3.14. The summed E-state index contributed by atoms with van der Waals surface area (Å²) < 4.78 is 2.03. The molecule has 1 fully saturated rings. The van der Waals surface area contributed by atoms with Gasteiger partial charge in [0, 0.05) is 6.04 Å². The molecular formula is C10H18N4O. The number of aromatic nitrogens is 3. The van der Waals surface area contributed by atoms with Crippen molar-refractivity contribution in [3.8, 4) is 0 Å². The van der Waals surface area contributed by atoms with Gasteiger partial charge in [-0.2, -0.15) is 0 Å². The first-order valence-electron chi connectivity index (χ1n) is 5.53. The summed E-state index contributed by atoms with van der Waals surface area (Å²) in [4.78, 5) is 0. The Morgan fingerprint density at radius 1 is 1.53 bits per heavy atom. The minimum absolute atomic E-state index is 0.437. The summed E-state index contributed by atoms with van der Waals surface area (Å²) in [5.41, 5.74) is 5.88. The lowest BCUT2D eigenvalue weighted by molar-refractivity contribution is 0.157. The van der Waals surface area contributed by atoms with Crippen LogP contribution < -0.4 is 5.73 Å². The molecule has 0 spiro atoms. The molecule has 0 radical (unpaired) electrons. The zero-order valence-corrected chi connectivity index (χ0v) is 9.00. The molecule has 1 saturated carbocycles. The van der Waals surface area contributed by atoms with Crippen molar-refractivity contribution >= 4 is 0 Å². The molecule has 1 aliphatic carbocycles. The molecule has 15 heavy (non-hydrogen) atoms. The Morgan fingerprint density at radius 2 is 2.20 bits per heavy atom. The highest BCUT2D eigenvalue weighted by atomic mass is 16.3. The summed E-state index contributed by atoms with van der Waals surface area (Å²) >= 11 is 0. The Bertz CT molecular complexity index is 300. The van der Waals surface area contributed by atoms with Crippen molar-refractivity contribution in [3.63, 3.8) is 0 Å². The van der Waals surface area contributed by atoms with Crippen LogP contribution in [0.25, 0.3) is 0 Å². The Labute approximate surface area is 89.3 Å². The number of rotatable bonds is 3. The zero-order valence-electron chi connectivity index (χ0n) is 9.00. The van der Waals surface area contributed by atoms with Crippen LogP contribution in [0.3, 0.4) is 0 Å². The van der Waals surface area contributed by atoms with Gasteiger partial charge in [-0.25, -0.2) is 0 Å². The fraction of sp³-hybridized carbons (Fsp3) is 0.800. The molecule has 1 heterocycles. The second-order valence-electron chi connectivity index (χ2n) is 4.30. The number of aliphatic hydroxyl groups is 1. The van der Waals surface area contributed by atoms with Crippen molar-refractivity contribution in [3.05, 3.63) is 12.2 Å². The molecule has 0 bridgehead atoms. The molecule has 2 atom stereocenters. The quantitative estimate of drug-likeness (QED) is 0.772. The van der Waals surface area contributed by atoms with Crippen LogP contribution in [0.15, 0.2) is 6.33 Å². The van der Waals surface area contributed by atoms with Crippen molar-refractivity contribution in [2.45, 2.75) is 50.8 Å². The van der Waals surface area contributed by atoms with Crippen molar-refractivity contribution in [2.24, 2.45) is 5.73 Å². The van der Waals surface area contributed by atoms with Gasteiger partial charge < -0.3 is 15.4 Å². The van der Waals surface area contributed by atoms with Gasteiger partial charge >= 0.3 is 0 Å². The van der Waals surface area contributed by atoms with Gasteiger partial charge in [-0.15, -0.1) is 10.2 Å². The highest BCUT2D eigenvalue weighted by Crippen LogP contribution is 2.31. The van der Waals surface area contributed by atoms with Gasteiger partial charge in [0.25, 0.3) is 0 Å². The molecule has 5 nitrogen and oxygen atoms in total. The van der Waals surface area contributed by atoms with Gasteiger partial charge in [-0.3, -0.25) is 0 Å². The maximum atomic E-state index is 9.45. The summed E-state index contributed by atoms with van der Waals surface area (Å²) in [6.45, 7) is 1.68. The number of aliphatic hydroxyl groups excluding tert-OH is 1. The Morgan fingerprint density at radius 3 is 2.80 bits per heavy atom. The topological polar surface area (TPSA) is 77.0 Å². The summed E-state index contributed by atoms with van der Waals surface area (Å²) in [5.74, 6) is 0.705. The summed E-state index contributed by atoms with van der Waals surface area (Å²) in [6.07, 6.45) is 5.98. The number of nitrogens with zero attached hydrogens (tertiary/aromatic N) is 3. The third kappa shape index (κ3) is 2.03. The molecule has 5 heteroatoms. The standard InChI is InChI=1S/C10H18N4O/c1-7(15)9(11)10-13-12-6-14(10)8-4-2-3-5-8/h6-9,15H,2-5,11H2,1H3/t7-,9+/m1/s1. The largest absolute Gasteiger partial charge is 0.391 e. The molecule has 0 unspecified atom stereocenters. The molecule has 84 valence electrons. The lowest BCUT2D eigenvalue weighted by Gasteiger charge is -2.19. The van der Waals surface area contributed by atoms with Gasteiger partial charge in [-0.1, -0.05) is 12.8 Å². The maximum Gasteiger partial charge on any atom is 0.152 e. The summed E-state index contributed by atoms with van der Waals surface area (Å²) in [7, 11) is 0. The second-order valence-corrected chi connectivity index (χ2v) is 4.30. The second kappa shape index (κ2) is 4.28. The fourth-order valence-electron chi connectivity index (χ4n) is 2.17. The van der Waals surface area contributed by atoms with Crippen LogP contribution in [-0.4, -0.2) is 26.0 Å². The number of hydrogen-bond acceptors (Lipinski definition) is 4. The van der Waals surface area contributed by atoms with E-state index in [1.807, 2.05) is 4.57 Å². The van der Waals surface area contributed by atoms with E-state index in [4.69, 9.17) is 5.73 Å². The smallest absolute Gasteiger partial charge is 0.152 e. The van der Waals surface area contributed by atoms with E-state index in [1.165, 1.54) is 12.8 Å². The number of nitrogens with two attached hydrogens (primary N) is 1. The lowest BCUT2D eigenvalue weighted by atomic mass is 10.1. The van der Waals surface area contributed by atoms with Gasteiger partial charge in [-0.05, 0) is 19.8 Å². The zero-order chi connectivity index (χ0) is 10.8. The molecule has 0 saturated heterocycles. The van der Waals surface area contributed by atoms with Crippen LogP contribution in [0.2, 0.25) is 0 Å². The van der Waals surface area contributed by atoms with E-state index < -0.39 is 12.1 Å². The minimum atomic E-state index is -0.589. The molecule has 1 aromatic heterocycles. The Hall–Kier alpha value is -0.940. The summed E-state index contributed by atoms with van der Waals surface area (Å²) in [6, 6.07) is 0.0351. The highest BCUT2D eigenvalue weighted by Gasteiger charge is 2.24. The number of hydrogen-bond donors (Lipinski definition) is 2. The van der Waals surface area contributed by atoms with E-state index in [9.17, 15) is 5.11 Å². The molecule has 1 aliphatic rings. The van der Waals surface area contributed by atoms with Crippen molar-refractivity contribution < 1.29 is 5.11 Å². The molecule has 0 amide bonds. The minimum Gasteiger partial charge on any atom is -0.391 e. The van der Waals surface area contributed by atoms with Crippen LogP contribution in [0.5, 0.6) is 0 Å². The summed E-state index contributed by atoms with van der Waals surface area (Å²) in [5, 5.41) is 17.4. The average Bonchev–Trinajstić information content (AvgIpc) is 2.86. The van der Waals surface area contributed by atoms with Crippen LogP contribution in [0, 0.1) is 0 Å². The first-order chi connectivity index (χ1) is 7.20. The van der Waals surface area contributed by atoms with E-state index in [1.54, 1.807) is 13.3 Å². The first kappa shape index (κ1) is 10.6. The molecule has 3 N–H and O–H groups in total. The molecular weight excluding hydrogens is 192 g/mol. The average molecular weight is 210 g/mol. The predicted octanol–water partition coefficient (Wildman–Crippen LogP) is 0.774. The van der Waals surface area contributed by atoms with Crippen LogP contribution in [0.1, 0.15) is 50.5 Å². The van der Waals surface area contributed by atoms with E-state index >= 15 is 0 Å². The maximum absolute atomic E-state index is 9.45. The van der Waals surface area contributed by atoms with E-state index in [2.05, 4.69) is 10.2 Å². The van der Waals surface area contributed by atoms with Crippen molar-refractivity contribution in [1.82, 2.24) is 14.8 Å². The SMILES string of the molecule is C[C@@H](O)[C@H](N)c1nncn1C1CCCC1.